The molecule has 1 unspecified atom stereocenters. The Balaban J connectivity index is 1.69. The van der Waals surface area contributed by atoms with Gasteiger partial charge in [-0.15, -0.1) is 11.3 Å². The summed E-state index contributed by atoms with van der Waals surface area (Å²) in [7, 11) is 0. The summed E-state index contributed by atoms with van der Waals surface area (Å²) < 4.78 is 0. The zero-order valence-electron chi connectivity index (χ0n) is 9.84. The van der Waals surface area contributed by atoms with Crippen molar-refractivity contribution in [1.82, 2.24) is 15.0 Å². The fourth-order valence-electron chi connectivity index (χ4n) is 1.64. The fraction of sp³-hybridized carbons (Fsp3) is 0.417. The summed E-state index contributed by atoms with van der Waals surface area (Å²) in [6.07, 6.45) is 6.46. The average molecular weight is 248 g/mol. The Bertz CT molecular complexity index is 415. The molecule has 2 rings (SSSR count). The van der Waals surface area contributed by atoms with Gasteiger partial charge in [0.25, 0.3) is 0 Å². The molecule has 0 spiro atoms. The monoisotopic (exact) mass is 248 g/mol. The van der Waals surface area contributed by atoms with Crippen molar-refractivity contribution < 1.29 is 0 Å². The van der Waals surface area contributed by atoms with Crippen LogP contribution in [0.25, 0.3) is 0 Å². The van der Waals surface area contributed by atoms with Crippen molar-refractivity contribution in [2.45, 2.75) is 32.2 Å². The molecule has 0 saturated heterocycles. The van der Waals surface area contributed by atoms with Crippen molar-refractivity contribution in [3.8, 4) is 0 Å². The Morgan fingerprint density at radius 3 is 2.88 bits per heavy atom. The van der Waals surface area contributed by atoms with Gasteiger partial charge in [0.2, 0.25) is 5.95 Å². The van der Waals surface area contributed by atoms with Crippen LogP contribution < -0.4 is 5.32 Å². The van der Waals surface area contributed by atoms with E-state index in [1.165, 1.54) is 24.0 Å². The molecule has 1 atom stereocenters. The Kier molecular flexibility index (Phi) is 4.44. The first-order chi connectivity index (χ1) is 8.34. The van der Waals surface area contributed by atoms with Crippen LogP contribution in [-0.2, 0) is 6.42 Å². The maximum Gasteiger partial charge on any atom is 0.225 e. The molecule has 2 aromatic heterocycles. The van der Waals surface area contributed by atoms with Gasteiger partial charge in [0, 0.05) is 10.9 Å². The second-order valence-corrected chi connectivity index (χ2v) is 5.01. The standard InChI is InChI=1S/C12H16N4S/c1-10(16-12-14-8-13-9-15-12)4-2-5-11-6-3-7-17-11/h3,6-10H,2,4-5H2,1H3,(H,13,14,15,16). The molecule has 0 aliphatic rings. The first-order valence-corrected chi connectivity index (χ1v) is 6.63. The average Bonchev–Trinajstić information content (AvgIpc) is 2.83. The molecule has 0 aromatic carbocycles. The van der Waals surface area contributed by atoms with Crippen molar-refractivity contribution in [2.24, 2.45) is 0 Å². The molecule has 0 amide bonds. The minimum absolute atomic E-state index is 0.386. The number of nitrogens with one attached hydrogen (secondary N) is 1. The number of anilines is 1. The SMILES string of the molecule is CC(CCCc1cccs1)Nc1ncncn1. The highest BCUT2D eigenvalue weighted by Gasteiger charge is 2.03. The topological polar surface area (TPSA) is 50.7 Å². The molecule has 0 aliphatic heterocycles. The van der Waals surface area contributed by atoms with E-state index in [1.807, 2.05) is 11.3 Å². The lowest BCUT2D eigenvalue weighted by Crippen LogP contribution is -2.17. The van der Waals surface area contributed by atoms with Gasteiger partial charge in [0.05, 0.1) is 0 Å². The van der Waals surface area contributed by atoms with E-state index in [0.717, 1.165) is 12.8 Å². The highest BCUT2D eigenvalue weighted by molar-refractivity contribution is 7.09. The Hall–Kier alpha value is -1.49. The van der Waals surface area contributed by atoms with E-state index in [2.05, 4.69) is 44.7 Å². The lowest BCUT2D eigenvalue weighted by atomic mass is 10.1. The third-order valence-electron chi connectivity index (χ3n) is 2.51. The molecule has 0 saturated carbocycles. The molecular formula is C12H16N4S. The number of aromatic nitrogens is 3. The second-order valence-electron chi connectivity index (χ2n) is 3.98. The fourth-order valence-corrected chi connectivity index (χ4v) is 2.39. The third-order valence-corrected chi connectivity index (χ3v) is 3.45. The van der Waals surface area contributed by atoms with Gasteiger partial charge in [-0.1, -0.05) is 6.07 Å². The van der Waals surface area contributed by atoms with Crippen LogP contribution in [0.15, 0.2) is 30.2 Å². The molecule has 17 heavy (non-hydrogen) atoms. The molecule has 0 fully saturated rings. The van der Waals surface area contributed by atoms with Crippen LogP contribution >= 0.6 is 11.3 Å². The normalized spacial score (nSPS) is 12.3. The number of hydrogen-bond donors (Lipinski definition) is 1. The summed E-state index contributed by atoms with van der Waals surface area (Å²) in [6, 6.07) is 4.68. The van der Waals surface area contributed by atoms with Gasteiger partial charge < -0.3 is 5.32 Å². The quantitative estimate of drug-likeness (QED) is 0.854. The molecule has 2 aromatic rings. The van der Waals surface area contributed by atoms with Crippen molar-refractivity contribution in [2.75, 3.05) is 5.32 Å². The number of thiophene rings is 1. The molecule has 5 heteroatoms. The van der Waals surface area contributed by atoms with Gasteiger partial charge in [0.15, 0.2) is 0 Å². The van der Waals surface area contributed by atoms with Crippen LogP contribution in [0.3, 0.4) is 0 Å². The first-order valence-electron chi connectivity index (χ1n) is 5.75. The molecule has 90 valence electrons. The van der Waals surface area contributed by atoms with Crippen LogP contribution in [0.2, 0.25) is 0 Å². The summed E-state index contributed by atoms with van der Waals surface area (Å²) >= 11 is 1.83. The molecule has 0 bridgehead atoms. The zero-order chi connectivity index (χ0) is 11.9. The van der Waals surface area contributed by atoms with E-state index in [1.54, 1.807) is 0 Å². The van der Waals surface area contributed by atoms with Crippen LogP contribution in [0, 0.1) is 0 Å². The maximum atomic E-state index is 4.05. The van der Waals surface area contributed by atoms with Crippen LogP contribution in [-0.4, -0.2) is 21.0 Å². The summed E-state index contributed by atoms with van der Waals surface area (Å²) in [5.41, 5.74) is 0. The maximum absolute atomic E-state index is 4.05. The third kappa shape index (κ3) is 4.11. The predicted molar refractivity (Wildman–Crippen MR) is 70.2 cm³/mol. The van der Waals surface area contributed by atoms with Crippen LogP contribution in [0.4, 0.5) is 5.95 Å². The number of rotatable bonds is 6. The van der Waals surface area contributed by atoms with Gasteiger partial charge in [-0.3, -0.25) is 0 Å². The summed E-state index contributed by atoms with van der Waals surface area (Å²) in [6.45, 7) is 2.15. The van der Waals surface area contributed by atoms with E-state index in [4.69, 9.17) is 0 Å². The number of nitrogens with zero attached hydrogens (tertiary/aromatic N) is 3. The Labute approximate surface area is 105 Å². The summed E-state index contributed by atoms with van der Waals surface area (Å²) in [4.78, 5) is 13.3. The first kappa shape index (κ1) is 12.0. The number of hydrogen-bond acceptors (Lipinski definition) is 5. The predicted octanol–water partition coefficient (Wildman–Crippen LogP) is 2.76. The minimum atomic E-state index is 0.386. The molecule has 2 heterocycles. The molecule has 0 radical (unpaired) electrons. The van der Waals surface area contributed by atoms with Crippen molar-refractivity contribution in [3.63, 3.8) is 0 Å². The van der Waals surface area contributed by atoms with Crippen LogP contribution in [0.1, 0.15) is 24.6 Å². The van der Waals surface area contributed by atoms with Gasteiger partial charge in [-0.25, -0.2) is 15.0 Å². The summed E-state index contributed by atoms with van der Waals surface area (Å²) in [5, 5.41) is 5.39. The lowest BCUT2D eigenvalue weighted by molar-refractivity contribution is 0.653. The van der Waals surface area contributed by atoms with Gasteiger partial charge >= 0.3 is 0 Å². The van der Waals surface area contributed by atoms with E-state index in [9.17, 15) is 0 Å². The molecular weight excluding hydrogens is 232 g/mol. The largest absolute Gasteiger partial charge is 0.352 e. The number of aryl methyl sites for hydroxylation is 1. The van der Waals surface area contributed by atoms with E-state index in [-0.39, 0.29) is 0 Å². The van der Waals surface area contributed by atoms with E-state index < -0.39 is 0 Å². The lowest BCUT2D eigenvalue weighted by Gasteiger charge is -2.12. The smallest absolute Gasteiger partial charge is 0.225 e. The van der Waals surface area contributed by atoms with Gasteiger partial charge in [-0.05, 0) is 37.6 Å². The van der Waals surface area contributed by atoms with Gasteiger partial charge in [0.1, 0.15) is 12.7 Å². The van der Waals surface area contributed by atoms with Crippen LogP contribution in [0.5, 0.6) is 0 Å². The minimum Gasteiger partial charge on any atom is -0.352 e. The highest BCUT2D eigenvalue weighted by atomic mass is 32.1. The van der Waals surface area contributed by atoms with Crippen molar-refractivity contribution >= 4 is 17.3 Å². The Morgan fingerprint density at radius 2 is 2.18 bits per heavy atom. The van der Waals surface area contributed by atoms with Crippen molar-refractivity contribution in [1.29, 1.82) is 0 Å². The van der Waals surface area contributed by atoms with Gasteiger partial charge in [-0.2, -0.15) is 0 Å². The molecule has 1 N–H and O–H groups in total. The van der Waals surface area contributed by atoms with E-state index >= 15 is 0 Å². The summed E-state index contributed by atoms with van der Waals surface area (Å²) in [5.74, 6) is 0.656. The highest BCUT2D eigenvalue weighted by Crippen LogP contribution is 2.13. The Morgan fingerprint density at radius 1 is 1.35 bits per heavy atom. The zero-order valence-corrected chi connectivity index (χ0v) is 10.7. The molecule has 0 aliphatic carbocycles. The van der Waals surface area contributed by atoms with E-state index in [0.29, 0.717) is 12.0 Å². The second kappa shape index (κ2) is 6.30. The molecule has 4 nitrogen and oxygen atoms in total. The van der Waals surface area contributed by atoms with Crippen molar-refractivity contribution in [3.05, 3.63) is 35.0 Å².